The molecule has 2 aliphatic heterocycles. The smallest absolute Gasteiger partial charge is 0.0995 e. The molecule has 0 amide bonds. The number of nitrogens with zero attached hydrogens (tertiary/aromatic N) is 5. The number of benzene rings is 2. The standard InChI is InChI=1S/C27H37N5/c1-29(2)25-11-7-14-32(21-25)27-12-6-10-24(20-28)26(27)22-31-18-16-30(17-19-31)15-13-23-8-4-3-5-9-23/h3-6,8-10,12,25H,7,11,13-19,21-22H2,1-2H3. The summed E-state index contributed by atoms with van der Waals surface area (Å²) in [6, 6.07) is 20.1. The Morgan fingerprint density at radius 1 is 0.938 bits per heavy atom. The lowest BCUT2D eigenvalue weighted by atomic mass is 9.99. The van der Waals surface area contributed by atoms with Gasteiger partial charge in [-0.1, -0.05) is 36.4 Å². The van der Waals surface area contributed by atoms with Crippen molar-refractivity contribution >= 4 is 5.69 Å². The van der Waals surface area contributed by atoms with Crippen molar-refractivity contribution in [2.24, 2.45) is 0 Å². The zero-order chi connectivity index (χ0) is 22.3. The first-order valence-corrected chi connectivity index (χ1v) is 12.1. The van der Waals surface area contributed by atoms with Gasteiger partial charge in [-0.25, -0.2) is 0 Å². The van der Waals surface area contributed by atoms with Crippen LogP contribution in [0.1, 0.15) is 29.5 Å². The molecule has 170 valence electrons. The minimum atomic E-state index is 0.579. The van der Waals surface area contributed by atoms with Gasteiger partial charge in [-0.3, -0.25) is 4.90 Å². The van der Waals surface area contributed by atoms with E-state index in [-0.39, 0.29) is 0 Å². The predicted octanol–water partition coefficient (Wildman–Crippen LogP) is 3.45. The predicted molar refractivity (Wildman–Crippen MR) is 132 cm³/mol. The van der Waals surface area contributed by atoms with E-state index in [0.29, 0.717) is 6.04 Å². The summed E-state index contributed by atoms with van der Waals surface area (Å²) in [4.78, 5) is 9.97. The third-order valence-corrected chi connectivity index (χ3v) is 7.15. The van der Waals surface area contributed by atoms with Gasteiger partial charge in [0, 0.05) is 69.7 Å². The maximum atomic E-state index is 9.83. The van der Waals surface area contributed by atoms with Gasteiger partial charge >= 0.3 is 0 Å². The van der Waals surface area contributed by atoms with Crippen LogP contribution in [0.3, 0.4) is 0 Å². The molecule has 0 N–H and O–H groups in total. The molecule has 2 aromatic rings. The van der Waals surface area contributed by atoms with Crippen molar-refractivity contribution in [2.45, 2.75) is 31.8 Å². The zero-order valence-electron chi connectivity index (χ0n) is 19.7. The third-order valence-electron chi connectivity index (χ3n) is 7.15. The van der Waals surface area contributed by atoms with Crippen molar-refractivity contribution in [1.29, 1.82) is 5.26 Å². The molecular weight excluding hydrogens is 394 g/mol. The van der Waals surface area contributed by atoms with E-state index in [1.54, 1.807) is 0 Å². The van der Waals surface area contributed by atoms with Crippen LogP contribution in [-0.4, -0.2) is 80.7 Å². The van der Waals surface area contributed by atoms with E-state index >= 15 is 0 Å². The Labute approximate surface area is 193 Å². The van der Waals surface area contributed by atoms with Crippen molar-refractivity contribution in [3.8, 4) is 6.07 Å². The van der Waals surface area contributed by atoms with Crippen molar-refractivity contribution in [2.75, 3.05) is 64.8 Å². The number of rotatable bonds is 7. The molecule has 0 aliphatic carbocycles. The lowest BCUT2D eigenvalue weighted by Gasteiger charge is -2.39. The largest absolute Gasteiger partial charge is 0.370 e. The molecule has 5 nitrogen and oxygen atoms in total. The van der Waals surface area contributed by atoms with Crippen LogP contribution < -0.4 is 4.90 Å². The van der Waals surface area contributed by atoms with Gasteiger partial charge in [0.05, 0.1) is 11.6 Å². The monoisotopic (exact) mass is 431 g/mol. The summed E-state index contributed by atoms with van der Waals surface area (Å²) >= 11 is 0. The number of piperidine rings is 1. The highest BCUT2D eigenvalue weighted by Crippen LogP contribution is 2.29. The topological polar surface area (TPSA) is 36.8 Å². The molecule has 2 saturated heterocycles. The van der Waals surface area contributed by atoms with E-state index in [2.05, 4.69) is 82.2 Å². The maximum Gasteiger partial charge on any atom is 0.0995 e. The fraction of sp³-hybridized carbons (Fsp3) is 0.519. The average molecular weight is 432 g/mol. The first-order valence-electron chi connectivity index (χ1n) is 12.1. The number of piperazine rings is 1. The van der Waals surface area contributed by atoms with Gasteiger partial charge in [0.2, 0.25) is 0 Å². The van der Waals surface area contributed by atoms with Crippen molar-refractivity contribution in [1.82, 2.24) is 14.7 Å². The summed E-state index contributed by atoms with van der Waals surface area (Å²) in [5, 5.41) is 9.83. The van der Waals surface area contributed by atoms with E-state index in [0.717, 1.165) is 64.3 Å². The summed E-state index contributed by atoms with van der Waals surface area (Å²) in [5.74, 6) is 0. The summed E-state index contributed by atoms with van der Waals surface area (Å²) in [7, 11) is 4.36. The van der Waals surface area contributed by atoms with E-state index in [4.69, 9.17) is 0 Å². The molecule has 2 aromatic carbocycles. The summed E-state index contributed by atoms with van der Waals surface area (Å²) in [5.41, 5.74) is 4.73. The lowest BCUT2D eigenvalue weighted by molar-refractivity contribution is 0.128. The number of anilines is 1. The minimum Gasteiger partial charge on any atom is -0.370 e. The molecule has 5 heteroatoms. The van der Waals surface area contributed by atoms with E-state index in [9.17, 15) is 5.26 Å². The quantitative estimate of drug-likeness (QED) is 0.671. The van der Waals surface area contributed by atoms with Gasteiger partial charge in [0.1, 0.15) is 0 Å². The normalized spacial score (nSPS) is 20.4. The number of hydrogen-bond acceptors (Lipinski definition) is 5. The van der Waals surface area contributed by atoms with Crippen LogP contribution in [0.25, 0.3) is 0 Å². The van der Waals surface area contributed by atoms with Crippen molar-refractivity contribution < 1.29 is 0 Å². The molecule has 0 spiro atoms. The van der Waals surface area contributed by atoms with E-state index in [1.807, 2.05) is 6.07 Å². The summed E-state index contributed by atoms with van der Waals surface area (Å²) < 4.78 is 0. The highest BCUT2D eigenvalue weighted by atomic mass is 15.3. The minimum absolute atomic E-state index is 0.579. The van der Waals surface area contributed by atoms with Gasteiger partial charge in [0.25, 0.3) is 0 Å². The second kappa shape index (κ2) is 11.0. The number of hydrogen-bond donors (Lipinski definition) is 0. The SMILES string of the molecule is CN(C)C1CCCN(c2cccc(C#N)c2CN2CCN(CCc3ccccc3)CC2)C1. The molecule has 0 bridgehead atoms. The second-order valence-electron chi connectivity index (χ2n) is 9.47. The lowest BCUT2D eigenvalue weighted by Crippen LogP contribution is -2.47. The molecule has 1 atom stereocenters. The van der Waals surface area contributed by atoms with Crippen LogP contribution in [0.4, 0.5) is 5.69 Å². The Kier molecular flexibility index (Phi) is 7.81. The van der Waals surface area contributed by atoms with Crippen molar-refractivity contribution in [3.63, 3.8) is 0 Å². The number of nitriles is 1. The molecular formula is C27H37N5. The third kappa shape index (κ3) is 5.69. The second-order valence-corrected chi connectivity index (χ2v) is 9.47. The average Bonchev–Trinajstić information content (AvgIpc) is 2.84. The van der Waals surface area contributed by atoms with Gasteiger partial charge in [-0.05, 0) is 51.1 Å². The van der Waals surface area contributed by atoms with E-state index in [1.165, 1.54) is 29.7 Å². The molecule has 2 aliphatic rings. The molecule has 2 fully saturated rings. The molecule has 0 aromatic heterocycles. The van der Waals surface area contributed by atoms with Gasteiger partial charge in [-0.2, -0.15) is 5.26 Å². The Morgan fingerprint density at radius 3 is 2.41 bits per heavy atom. The molecule has 1 unspecified atom stereocenters. The summed E-state index contributed by atoms with van der Waals surface area (Å²) in [6.45, 7) is 8.45. The highest BCUT2D eigenvalue weighted by Gasteiger charge is 2.25. The first kappa shape index (κ1) is 22.8. The Bertz CT molecular complexity index is 896. The maximum absolute atomic E-state index is 9.83. The van der Waals surface area contributed by atoms with E-state index < -0.39 is 0 Å². The van der Waals surface area contributed by atoms with Crippen LogP contribution in [0.2, 0.25) is 0 Å². The molecule has 32 heavy (non-hydrogen) atoms. The van der Waals surface area contributed by atoms with Crippen molar-refractivity contribution in [3.05, 3.63) is 65.2 Å². The molecule has 0 radical (unpaired) electrons. The first-order chi connectivity index (χ1) is 15.6. The Hall–Kier alpha value is -2.39. The molecule has 2 heterocycles. The van der Waals surface area contributed by atoms with Crippen LogP contribution in [-0.2, 0) is 13.0 Å². The van der Waals surface area contributed by atoms with Gasteiger partial charge in [0.15, 0.2) is 0 Å². The number of likely N-dealkylation sites (N-methyl/N-ethyl adjacent to an activating group) is 1. The van der Waals surface area contributed by atoms with Crippen LogP contribution >= 0.6 is 0 Å². The van der Waals surface area contributed by atoms with Crippen LogP contribution in [0.5, 0.6) is 0 Å². The molecule has 0 saturated carbocycles. The fourth-order valence-corrected chi connectivity index (χ4v) is 5.06. The fourth-order valence-electron chi connectivity index (χ4n) is 5.06. The Balaban J connectivity index is 1.38. The molecule has 4 rings (SSSR count). The summed E-state index contributed by atoms with van der Waals surface area (Å²) in [6.07, 6.45) is 3.57. The Morgan fingerprint density at radius 2 is 1.69 bits per heavy atom. The highest BCUT2D eigenvalue weighted by molar-refractivity contribution is 5.60. The zero-order valence-corrected chi connectivity index (χ0v) is 19.7. The van der Waals surface area contributed by atoms with Gasteiger partial charge < -0.3 is 14.7 Å². The van der Waals surface area contributed by atoms with Crippen LogP contribution in [0.15, 0.2) is 48.5 Å². The van der Waals surface area contributed by atoms with Gasteiger partial charge in [-0.15, -0.1) is 0 Å². The van der Waals surface area contributed by atoms with Crippen LogP contribution in [0, 0.1) is 11.3 Å².